The van der Waals surface area contributed by atoms with Crippen LogP contribution in [0, 0.1) is 5.41 Å². The number of carboxylic acid groups (broad SMARTS) is 1. The van der Waals surface area contributed by atoms with Crippen molar-refractivity contribution in [2.24, 2.45) is 5.41 Å². The first-order chi connectivity index (χ1) is 8.87. The van der Waals surface area contributed by atoms with Crippen LogP contribution < -0.4 is 0 Å². The molecule has 0 aliphatic heterocycles. The second-order valence-electron chi connectivity index (χ2n) is 5.88. The van der Waals surface area contributed by atoms with Crippen LogP contribution in [0.1, 0.15) is 51.9 Å². The monoisotopic (exact) mass is 267 g/mol. The van der Waals surface area contributed by atoms with Crippen molar-refractivity contribution in [2.75, 3.05) is 13.6 Å². The van der Waals surface area contributed by atoms with Crippen molar-refractivity contribution in [3.8, 4) is 0 Å². The van der Waals surface area contributed by atoms with Gasteiger partial charge in [-0.05, 0) is 19.8 Å². The van der Waals surface area contributed by atoms with Gasteiger partial charge in [-0.2, -0.15) is 0 Å². The van der Waals surface area contributed by atoms with Crippen molar-refractivity contribution in [1.29, 1.82) is 0 Å². The maximum Gasteiger partial charge on any atom is 0.310 e. The molecule has 0 saturated heterocycles. The van der Waals surface area contributed by atoms with Crippen LogP contribution in [-0.2, 0) is 9.59 Å². The van der Waals surface area contributed by atoms with E-state index in [0.29, 0.717) is 19.4 Å². The Morgan fingerprint density at radius 3 is 2.16 bits per heavy atom. The molecular formula is C15H25NO3. The number of hydrogen-bond donors (Lipinski definition) is 1. The van der Waals surface area contributed by atoms with Crippen molar-refractivity contribution in [3.63, 3.8) is 0 Å². The van der Waals surface area contributed by atoms with Crippen LogP contribution in [-0.4, -0.2) is 35.5 Å². The molecule has 4 nitrogen and oxygen atoms in total. The largest absolute Gasteiger partial charge is 0.481 e. The van der Waals surface area contributed by atoms with Gasteiger partial charge in [0.25, 0.3) is 0 Å². The van der Waals surface area contributed by atoms with Crippen molar-refractivity contribution < 1.29 is 14.7 Å². The fourth-order valence-electron chi connectivity index (χ4n) is 2.79. The van der Waals surface area contributed by atoms with E-state index in [9.17, 15) is 14.7 Å². The molecule has 0 aromatic heterocycles. The number of nitrogens with zero attached hydrogens (tertiary/aromatic N) is 1. The highest BCUT2D eigenvalue weighted by atomic mass is 16.4. The smallest absolute Gasteiger partial charge is 0.310 e. The highest BCUT2D eigenvalue weighted by molar-refractivity contribution is 5.85. The molecule has 0 spiro atoms. The normalized spacial score (nSPS) is 18.4. The third kappa shape index (κ3) is 4.37. The molecule has 1 saturated carbocycles. The van der Waals surface area contributed by atoms with Crippen LogP contribution in [0.5, 0.6) is 0 Å². The Balaban J connectivity index is 2.75. The Labute approximate surface area is 115 Å². The molecule has 1 aliphatic carbocycles. The van der Waals surface area contributed by atoms with Gasteiger partial charge in [-0.25, -0.2) is 0 Å². The molecule has 1 aliphatic rings. The lowest BCUT2D eigenvalue weighted by Crippen LogP contribution is -2.38. The summed E-state index contributed by atoms with van der Waals surface area (Å²) in [5.41, 5.74) is 0.0535. The molecule has 19 heavy (non-hydrogen) atoms. The topological polar surface area (TPSA) is 57.6 Å². The van der Waals surface area contributed by atoms with Crippen molar-refractivity contribution in [2.45, 2.75) is 51.9 Å². The standard InChI is InChI=1S/C15H25NO3/c1-12(2)11-16(3)13(17)10-15(14(18)19)8-6-4-5-7-9-15/h1,4-11H2,2-3H3,(H,18,19). The van der Waals surface area contributed by atoms with Gasteiger partial charge >= 0.3 is 5.97 Å². The predicted molar refractivity (Wildman–Crippen MR) is 74.8 cm³/mol. The molecule has 1 N–H and O–H groups in total. The number of hydrogen-bond acceptors (Lipinski definition) is 2. The Kier molecular flexibility index (Phi) is 5.58. The summed E-state index contributed by atoms with van der Waals surface area (Å²) in [6.45, 7) is 6.14. The van der Waals surface area contributed by atoms with Gasteiger partial charge in [-0.15, -0.1) is 0 Å². The fourth-order valence-corrected chi connectivity index (χ4v) is 2.79. The summed E-state index contributed by atoms with van der Waals surface area (Å²) in [6, 6.07) is 0. The van der Waals surface area contributed by atoms with E-state index in [1.165, 1.54) is 0 Å². The van der Waals surface area contributed by atoms with Gasteiger partial charge in [0.05, 0.1) is 5.41 Å². The molecule has 0 aromatic rings. The quantitative estimate of drug-likeness (QED) is 0.615. The van der Waals surface area contributed by atoms with Gasteiger partial charge < -0.3 is 10.0 Å². The zero-order valence-electron chi connectivity index (χ0n) is 12.1. The summed E-state index contributed by atoms with van der Waals surface area (Å²) >= 11 is 0. The first kappa shape index (κ1) is 15.7. The van der Waals surface area contributed by atoms with E-state index in [0.717, 1.165) is 31.3 Å². The fraction of sp³-hybridized carbons (Fsp3) is 0.733. The molecule has 1 amide bonds. The predicted octanol–water partition coefficient (Wildman–Crippen LogP) is 2.84. The van der Waals surface area contributed by atoms with E-state index in [-0.39, 0.29) is 12.3 Å². The van der Waals surface area contributed by atoms with Gasteiger partial charge in [-0.3, -0.25) is 9.59 Å². The number of likely N-dealkylation sites (N-methyl/N-ethyl adjacent to an activating group) is 1. The third-order valence-electron chi connectivity index (χ3n) is 3.94. The average Bonchev–Trinajstić information content (AvgIpc) is 2.54. The summed E-state index contributed by atoms with van der Waals surface area (Å²) in [7, 11) is 1.71. The van der Waals surface area contributed by atoms with Crippen molar-refractivity contribution >= 4 is 11.9 Å². The number of carbonyl (C=O) groups is 2. The molecule has 0 heterocycles. The van der Waals surface area contributed by atoms with Gasteiger partial charge in [0.15, 0.2) is 0 Å². The number of rotatable bonds is 5. The highest BCUT2D eigenvalue weighted by Crippen LogP contribution is 2.38. The number of carbonyl (C=O) groups excluding carboxylic acids is 1. The summed E-state index contributed by atoms with van der Waals surface area (Å²) in [5.74, 6) is -0.904. The zero-order chi connectivity index (χ0) is 14.5. The van der Waals surface area contributed by atoms with E-state index in [2.05, 4.69) is 6.58 Å². The Morgan fingerprint density at radius 2 is 1.74 bits per heavy atom. The minimum absolute atomic E-state index is 0.0905. The lowest BCUT2D eigenvalue weighted by atomic mass is 9.77. The zero-order valence-corrected chi connectivity index (χ0v) is 12.1. The molecule has 0 radical (unpaired) electrons. The van der Waals surface area contributed by atoms with Crippen molar-refractivity contribution in [3.05, 3.63) is 12.2 Å². The van der Waals surface area contributed by atoms with Crippen molar-refractivity contribution in [1.82, 2.24) is 4.90 Å². The van der Waals surface area contributed by atoms with E-state index in [4.69, 9.17) is 0 Å². The highest BCUT2D eigenvalue weighted by Gasteiger charge is 2.41. The summed E-state index contributed by atoms with van der Waals surface area (Å²) in [6.07, 6.45) is 5.32. The second-order valence-corrected chi connectivity index (χ2v) is 5.88. The van der Waals surface area contributed by atoms with Crippen LogP contribution in [0.25, 0.3) is 0 Å². The lowest BCUT2D eigenvalue weighted by molar-refractivity contribution is -0.154. The number of amides is 1. The van der Waals surface area contributed by atoms with Crippen LogP contribution in [0.2, 0.25) is 0 Å². The molecule has 0 atom stereocenters. The summed E-state index contributed by atoms with van der Waals surface area (Å²) in [4.78, 5) is 25.4. The summed E-state index contributed by atoms with van der Waals surface area (Å²) < 4.78 is 0. The lowest BCUT2D eigenvalue weighted by Gasteiger charge is -2.29. The Morgan fingerprint density at radius 1 is 1.21 bits per heavy atom. The molecule has 108 valence electrons. The van der Waals surface area contributed by atoms with E-state index < -0.39 is 11.4 Å². The molecule has 0 unspecified atom stereocenters. The third-order valence-corrected chi connectivity index (χ3v) is 3.94. The minimum Gasteiger partial charge on any atom is -0.481 e. The molecule has 0 aromatic carbocycles. The molecule has 0 bridgehead atoms. The molecule has 4 heteroatoms. The minimum atomic E-state index is -0.850. The van der Waals surface area contributed by atoms with Gasteiger partial charge in [0, 0.05) is 20.0 Å². The van der Waals surface area contributed by atoms with Crippen LogP contribution in [0.15, 0.2) is 12.2 Å². The van der Waals surface area contributed by atoms with E-state index in [1.54, 1.807) is 11.9 Å². The van der Waals surface area contributed by atoms with Crippen LogP contribution in [0.4, 0.5) is 0 Å². The Hall–Kier alpha value is -1.32. The first-order valence-corrected chi connectivity index (χ1v) is 6.99. The van der Waals surface area contributed by atoms with Gasteiger partial charge in [-0.1, -0.05) is 37.8 Å². The Bertz CT molecular complexity index is 354. The van der Waals surface area contributed by atoms with Gasteiger partial charge in [0.2, 0.25) is 5.91 Å². The summed E-state index contributed by atoms with van der Waals surface area (Å²) in [5, 5.41) is 9.54. The molecular weight excluding hydrogens is 242 g/mol. The number of aliphatic carboxylic acids is 1. The van der Waals surface area contributed by atoms with E-state index in [1.807, 2.05) is 6.92 Å². The van der Waals surface area contributed by atoms with Gasteiger partial charge in [0.1, 0.15) is 0 Å². The second kappa shape index (κ2) is 6.73. The average molecular weight is 267 g/mol. The molecule has 1 rings (SSSR count). The maximum atomic E-state index is 12.2. The molecule has 1 fully saturated rings. The van der Waals surface area contributed by atoms with Crippen LogP contribution >= 0.6 is 0 Å². The number of carboxylic acids is 1. The maximum absolute atomic E-state index is 12.2. The van der Waals surface area contributed by atoms with E-state index >= 15 is 0 Å². The first-order valence-electron chi connectivity index (χ1n) is 6.99. The SMILES string of the molecule is C=C(C)CN(C)C(=O)CC1(C(=O)O)CCCCCC1. The van der Waals surface area contributed by atoms with Crippen LogP contribution in [0.3, 0.4) is 0 Å².